The Morgan fingerprint density at radius 1 is 1.43 bits per heavy atom. The van der Waals surface area contributed by atoms with Crippen LogP contribution in [0.1, 0.15) is 24.1 Å². The number of aromatic nitrogens is 1. The lowest BCUT2D eigenvalue weighted by atomic mass is 10.2. The van der Waals surface area contributed by atoms with Crippen LogP contribution in [0, 0.1) is 0 Å². The fraction of sp³-hybridized carbons (Fsp3) is 0.417. The molecule has 2 rings (SSSR count). The maximum atomic E-state index is 4.58. The van der Waals surface area contributed by atoms with Crippen LogP contribution in [0.3, 0.4) is 0 Å². The minimum absolute atomic E-state index is 0.926. The van der Waals surface area contributed by atoms with Crippen molar-refractivity contribution >= 4 is 5.82 Å². The van der Waals surface area contributed by atoms with E-state index in [9.17, 15) is 0 Å². The lowest BCUT2D eigenvalue weighted by Crippen LogP contribution is -2.03. The minimum Gasteiger partial charge on any atom is -0.370 e. The van der Waals surface area contributed by atoms with Crippen LogP contribution >= 0.6 is 0 Å². The number of fused-ring (bicyclic) bond motifs is 1. The molecule has 14 heavy (non-hydrogen) atoms. The number of nitrogens with one attached hydrogen (secondary N) is 1. The number of pyridine rings is 1. The van der Waals surface area contributed by atoms with Crippen LogP contribution in [0.25, 0.3) is 0 Å². The van der Waals surface area contributed by atoms with Crippen molar-refractivity contribution in [1.82, 2.24) is 4.98 Å². The van der Waals surface area contributed by atoms with Gasteiger partial charge in [0.05, 0.1) is 0 Å². The molecular weight excluding hydrogens is 172 g/mol. The molecule has 0 bridgehead atoms. The lowest BCUT2D eigenvalue weighted by Gasteiger charge is -2.05. The molecule has 0 radical (unpaired) electrons. The summed E-state index contributed by atoms with van der Waals surface area (Å²) in [5, 5.41) is 3.29. The summed E-state index contributed by atoms with van der Waals surface area (Å²) in [6, 6.07) is 4.28. The van der Waals surface area contributed by atoms with Gasteiger partial charge in [0.1, 0.15) is 5.82 Å². The third kappa shape index (κ3) is 1.95. The molecular formula is C12H16N2. The number of anilines is 1. The van der Waals surface area contributed by atoms with Crippen LogP contribution in [0.2, 0.25) is 0 Å². The third-order valence-corrected chi connectivity index (χ3v) is 2.58. The van der Waals surface area contributed by atoms with Gasteiger partial charge in [-0.2, -0.15) is 0 Å². The number of hydrogen-bond donors (Lipinski definition) is 1. The molecule has 1 aromatic heterocycles. The van der Waals surface area contributed by atoms with Gasteiger partial charge in [-0.3, -0.25) is 0 Å². The summed E-state index contributed by atoms with van der Waals surface area (Å²) in [5.74, 6) is 1.01. The molecule has 2 heteroatoms. The largest absolute Gasteiger partial charge is 0.370 e. The molecule has 1 aliphatic rings. The highest BCUT2D eigenvalue weighted by molar-refractivity contribution is 5.40. The molecule has 0 spiro atoms. The van der Waals surface area contributed by atoms with E-state index in [1.54, 1.807) is 0 Å². The quantitative estimate of drug-likeness (QED) is 0.580. The molecule has 1 heterocycles. The van der Waals surface area contributed by atoms with Gasteiger partial charge in [0, 0.05) is 12.2 Å². The first kappa shape index (κ1) is 9.25. The van der Waals surface area contributed by atoms with E-state index < -0.39 is 0 Å². The Bertz CT molecular complexity index is 331. The van der Waals surface area contributed by atoms with Gasteiger partial charge in [-0.25, -0.2) is 4.98 Å². The van der Waals surface area contributed by atoms with Gasteiger partial charge in [0.2, 0.25) is 0 Å². The van der Waals surface area contributed by atoms with Crippen LogP contribution in [0.5, 0.6) is 0 Å². The summed E-state index contributed by atoms with van der Waals surface area (Å²) in [5.41, 5.74) is 2.72. The Morgan fingerprint density at radius 3 is 3.21 bits per heavy atom. The van der Waals surface area contributed by atoms with Crippen molar-refractivity contribution in [2.75, 3.05) is 11.9 Å². The molecule has 1 aromatic rings. The van der Waals surface area contributed by atoms with Gasteiger partial charge in [0.15, 0.2) is 0 Å². The van der Waals surface area contributed by atoms with Crippen molar-refractivity contribution in [2.24, 2.45) is 0 Å². The average molecular weight is 188 g/mol. The first-order valence-electron chi connectivity index (χ1n) is 5.24. The van der Waals surface area contributed by atoms with Gasteiger partial charge in [-0.05, 0) is 37.3 Å². The van der Waals surface area contributed by atoms with Crippen molar-refractivity contribution in [1.29, 1.82) is 0 Å². The molecule has 0 aliphatic heterocycles. The zero-order valence-corrected chi connectivity index (χ0v) is 8.42. The van der Waals surface area contributed by atoms with Crippen molar-refractivity contribution in [3.8, 4) is 0 Å². The third-order valence-electron chi connectivity index (χ3n) is 2.58. The highest BCUT2D eigenvalue weighted by atomic mass is 15.0. The van der Waals surface area contributed by atoms with Crippen LogP contribution in [0.4, 0.5) is 5.82 Å². The summed E-state index contributed by atoms with van der Waals surface area (Å²) >= 11 is 0. The minimum atomic E-state index is 0.926. The van der Waals surface area contributed by atoms with E-state index >= 15 is 0 Å². The molecule has 0 saturated heterocycles. The number of nitrogens with zero attached hydrogens (tertiary/aromatic N) is 1. The molecule has 1 aliphatic carbocycles. The second kappa shape index (κ2) is 4.27. The fourth-order valence-electron chi connectivity index (χ4n) is 1.82. The van der Waals surface area contributed by atoms with Gasteiger partial charge >= 0.3 is 0 Å². The molecule has 0 unspecified atom stereocenters. The Morgan fingerprint density at radius 2 is 2.36 bits per heavy atom. The van der Waals surface area contributed by atoms with E-state index in [4.69, 9.17) is 0 Å². The Hall–Kier alpha value is -1.31. The topological polar surface area (TPSA) is 24.9 Å². The van der Waals surface area contributed by atoms with E-state index in [-0.39, 0.29) is 0 Å². The van der Waals surface area contributed by atoms with Crippen molar-refractivity contribution in [3.63, 3.8) is 0 Å². The summed E-state index contributed by atoms with van der Waals surface area (Å²) in [6.45, 7) is 4.62. The molecule has 0 atom stereocenters. The molecule has 1 N–H and O–H groups in total. The predicted molar refractivity (Wildman–Crippen MR) is 59.6 cm³/mol. The Labute approximate surface area is 85.1 Å². The van der Waals surface area contributed by atoms with E-state index in [1.807, 2.05) is 6.08 Å². The summed E-state index contributed by atoms with van der Waals surface area (Å²) in [4.78, 5) is 4.58. The maximum Gasteiger partial charge on any atom is 0.126 e. The van der Waals surface area contributed by atoms with Crippen LogP contribution in [-0.4, -0.2) is 11.5 Å². The fourth-order valence-corrected chi connectivity index (χ4v) is 1.82. The first-order valence-corrected chi connectivity index (χ1v) is 5.24. The Kier molecular flexibility index (Phi) is 2.82. The standard InChI is InChI=1S/C12H16N2/c1-2-3-9-13-12-8-7-10-5-4-6-11(10)14-12/h2,7-8H,1,3-6,9H2,(H,13,14). The van der Waals surface area contributed by atoms with Gasteiger partial charge in [-0.15, -0.1) is 6.58 Å². The second-order valence-electron chi connectivity index (χ2n) is 3.66. The summed E-state index contributed by atoms with van der Waals surface area (Å²) < 4.78 is 0. The molecule has 2 nitrogen and oxygen atoms in total. The van der Waals surface area contributed by atoms with Crippen molar-refractivity contribution in [3.05, 3.63) is 36.0 Å². The highest BCUT2D eigenvalue weighted by Gasteiger charge is 2.11. The molecule has 0 amide bonds. The smallest absolute Gasteiger partial charge is 0.126 e. The zero-order valence-electron chi connectivity index (χ0n) is 8.42. The van der Waals surface area contributed by atoms with Crippen LogP contribution < -0.4 is 5.32 Å². The van der Waals surface area contributed by atoms with Crippen molar-refractivity contribution < 1.29 is 0 Å². The number of rotatable bonds is 4. The average Bonchev–Trinajstić information content (AvgIpc) is 2.65. The Balaban J connectivity index is 2.01. The zero-order chi connectivity index (χ0) is 9.80. The maximum absolute atomic E-state index is 4.58. The highest BCUT2D eigenvalue weighted by Crippen LogP contribution is 2.21. The molecule has 0 aromatic carbocycles. The lowest BCUT2D eigenvalue weighted by molar-refractivity contribution is 0.899. The van der Waals surface area contributed by atoms with Gasteiger partial charge in [0.25, 0.3) is 0 Å². The molecule has 0 saturated carbocycles. The molecule has 74 valence electrons. The normalized spacial score (nSPS) is 13.7. The second-order valence-corrected chi connectivity index (χ2v) is 3.66. The predicted octanol–water partition coefficient (Wildman–Crippen LogP) is 2.56. The SMILES string of the molecule is C=CCCNc1ccc2c(n1)CCC2. The molecule has 0 fully saturated rings. The first-order chi connectivity index (χ1) is 6.90. The van der Waals surface area contributed by atoms with E-state index in [1.165, 1.54) is 24.1 Å². The number of hydrogen-bond acceptors (Lipinski definition) is 2. The number of aryl methyl sites for hydroxylation is 2. The van der Waals surface area contributed by atoms with E-state index in [2.05, 4.69) is 29.0 Å². The summed E-state index contributed by atoms with van der Waals surface area (Å²) in [6.07, 6.45) is 6.51. The van der Waals surface area contributed by atoms with Gasteiger partial charge in [-0.1, -0.05) is 12.1 Å². The van der Waals surface area contributed by atoms with E-state index in [0.29, 0.717) is 0 Å². The van der Waals surface area contributed by atoms with Crippen LogP contribution in [0.15, 0.2) is 24.8 Å². The summed E-state index contributed by atoms with van der Waals surface area (Å²) in [7, 11) is 0. The van der Waals surface area contributed by atoms with E-state index in [0.717, 1.165) is 25.2 Å². The van der Waals surface area contributed by atoms with Crippen LogP contribution in [-0.2, 0) is 12.8 Å². The monoisotopic (exact) mass is 188 g/mol. The van der Waals surface area contributed by atoms with Crippen molar-refractivity contribution in [2.45, 2.75) is 25.7 Å². The van der Waals surface area contributed by atoms with Gasteiger partial charge < -0.3 is 5.32 Å².